The summed E-state index contributed by atoms with van der Waals surface area (Å²) in [6.45, 7) is 6.40. The van der Waals surface area contributed by atoms with E-state index in [1.165, 1.54) is 0 Å². The van der Waals surface area contributed by atoms with Crippen LogP contribution in [0.2, 0.25) is 0 Å². The second-order valence-electron chi connectivity index (χ2n) is 20.1. The molecule has 0 radical (unpaired) electrons. The van der Waals surface area contributed by atoms with Crippen molar-refractivity contribution in [1.29, 1.82) is 10.5 Å². The van der Waals surface area contributed by atoms with Crippen LogP contribution in [0.25, 0.3) is 132 Å². The van der Waals surface area contributed by atoms with Crippen LogP contribution in [0.1, 0.15) is 27.8 Å². The number of hydrogen-bond donors (Lipinski definition) is 0. The van der Waals surface area contributed by atoms with Crippen LogP contribution in [-0.4, -0.2) is 8.97 Å². The molecule has 0 saturated heterocycles. The zero-order valence-corrected chi connectivity index (χ0v) is 41.7. The first-order chi connectivity index (χ1) is 36.8. The molecule has 0 atom stereocenters. The van der Waals surface area contributed by atoms with Crippen LogP contribution in [0.5, 0.6) is 0 Å². The first-order valence-electron chi connectivity index (χ1n) is 25.5. The molecule has 0 aliphatic rings. The molecule has 3 heterocycles. The lowest BCUT2D eigenvalue weighted by Crippen LogP contribution is -2.06. The summed E-state index contributed by atoms with van der Waals surface area (Å²) >= 11 is 0. The zero-order valence-electron chi connectivity index (χ0n) is 41.7. The van der Waals surface area contributed by atoms with Crippen LogP contribution in [-0.2, 0) is 0 Å². The number of hydrogen-bond acceptors (Lipinski definition) is 2. The van der Waals surface area contributed by atoms with E-state index in [0.717, 1.165) is 143 Å². The molecular formula is C71H46N4. The van der Waals surface area contributed by atoms with Crippen molar-refractivity contribution in [1.82, 2.24) is 8.97 Å². The molecule has 0 fully saturated rings. The van der Waals surface area contributed by atoms with E-state index in [4.69, 9.17) is 0 Å². The van der Waals surface area contributed by atoms with E-state index in [-0.39, 0.29) is 0 Å². The van der Waals surface area contributed by atoms with E-state index in [2.05, 4.69) is 254 Å². The highest BCUT2D eigenvalue weighted by atomic mass is 15.0. The van der Waals surface area contributed by atoms with Gasteiger partial charge >= 0.3 is 0 Å². The monoisotopic (exact) mass is 954 g/mol. The van der Waals surface area contributed by atoms with E-state index in [0.29, 0.717) is 16.8 Å². The Morgan fingerprint density at radius 2 is 0.787 bits per heavy atom. The van der Waals surface area contributed by atoms with E-state index in [1.54, 1.807) is 0 Å². The van der Waals surface area contributed by atoms with Crippen LogP contribution < -0.4 is 0 Å². The number of aryl methyl sites for hydroxylation is 3. The first kappa shape index (κ1) is 43.8. The van der Waals surface area contributed by atoms with Crippen molar-refractivity contribution in [3.63, 3.8) is 0 Å². The highest BCUT2D eigenvalue weighted by molar-refractivity contribution is 6.21. The summed E-state index contributed by atoms with van der Waals surface area (Å²) in [6.07, 6.45) is 0. The predicted molar refractivity (Wildman–Crippen MR) is 313 cm³/mol. The molecule has 0 aliphatic carbocycles. The summed E-state index contributed by atoms with van der Waals surface area (Å²) < 4.78 is 4.59. The third-order valence-corrected chi connectivity index (χ3v) is 15.4. The van der Waals surface area contributed by atoms with Crippen molar-refractivity contribution in [2.24, 2.45) is 0 Å². The fourth-order valence-corrected chi connectivity index (χ4v) is 12.2. The molecule has 75 heavy (non-hydrogen) atoms. The Morgan fingerprint density at radius 3 is 1.31 bits per heavy atom. The number of nitriles is 2. The average molecular weight is 955 g/mol. The Balaban J connectivity index is 1.24. The molecule has 0 aliphatic heterocycles. The molecule has 350 valence electrons. The first-order valence-corrected chi connectivity index (χ1v) is 25.5. The minimum atomic E-state index is 0.428. The fraction of sp³-hybridized carbons (Fsp3) is 0.0423. The lowest BCUT2D eigenvalue weighted by Gasteiger charge is -2.21. The average Bonchev–Trinajstić information content (AvgIpc) is 4.11. The smallest absolute Gasteiger partial charge is 0.102 e. The Hall–Kier alpha value is -10.0. The molecular weight excluding hydrogens is 909 g/mol. The van der Waals surface area contributed by atoms with Crippen LogP contribution in [0.3, 0.4) is 0 Å². The molecule has 0 saturated carbocycles. The zero-order chi connectivity index (χ0) is 50.5. The number of benzene rings is 11. The van der Waals surface area contributed by atoms with Crippen molar-refractivity contribution in [3.8, 4) is 73.5 Å². The van der Waals surface area contributed by atoms with Crippen LogP contribution >= 0.6 is 0 Å². The number of rotatable bonds is 6. The molecule has 11 aromatic carbocycles. The molecule has 0 unspecified atom stereocenters. The lowest BCUT2D eigenvalue weighted by molar-refractivity contribution is 1.16. The van der Waals surface area contributed by atoms with Crippen molar-refractivity contribution >= 4 is 70.7 Å². The molecule has 0 amide bonds. The Bertz CT molecular complexity index is 4660. The van der Waals surface area contributed by atoms with Gasteiger partial charge in [0.05, 0.1) is 44.4 Å². The fourth-order valence-electron chi connectivity index (χ4n) is 12.2. The van der Waals surface area contributed by atoms with E-state index < -0.39 is 0 Å². The summed E-state index contributed by atoms with van der Waals surface area (Å²) in [6, 6.07) is 85.9. The van der Waals surface area contributed by atoms with Gasteiger partial charge in [-0.05, 0) is 147 Å². The highest BCUT2D eigenvalue weighted by Gasteiger charge is 2.29. The van der Waals surface area contributed by atoms with E-state index in [1.807, 2.05) is 12.1 Å². The van der Waals surface area contributed by atoms with Crippen LogP contribution in [0.15, 0.2) is 224 Å². The summed E-state index contributed by atoms with van der Waals surface area (Å²) in [5.41, 5.74) is 19.8. The van der Waals surface area contributed by atoms with Gasteiger partial charge in [-0.25, -0.2) is 0 Å². The normalized spacial score (nSPS) is 11.6. The third kappa shape index (κ3) is 6.89. The Kier molecular flexibility index (Phi) is 9.96. The minimum absolute atomic E-state index is 0.428. The SMILES string of the molecule is Cc1cc(C)cc(-c2c(C#N)c(-n3c4ccc(-c5ccccc5)cc4c4cc(-c5ccccc5)ccc43)c(C#N)c3c4cc(C)cc(c4)c4cc5c(cc4-c4ccccc4)c4cc(-c6ccccc6)ccc4n5c23)c1. The van der Waals surface area contributed by atoms with Crippen molar-refractivity contribution in [2.75, 3.05) is 0 Å². The highest BCUT2D eigenvalue weighted by Crippen LogP contribution is 2.48. The molecule has 0 N–H and O–H groups in total. The van der Waals surface area contributed by atoms with Gasteiger partial charge in [0.25, 0.3) is 0 Å². The summed E-state index contributed by atoms with van der Waals surface area (Å²) in [5, 5.41) is 32.6. The van der Waals surface area contributed by atoms with E-state index in [9.17, 15) is 10.5 Å². The number of fused-ring (bicyclic) bond motifs is 13. The lowest BCUT2D eigenvalue weighted by atomic mass is 9.88. The quantitative estimate of drug-likeness (QED) is 0.167. The van der Waals surface area contributed by atoms with Gasteiger partial charge < -0.3 is 8.97 Å². The standard InChI is InChI=1S/C71H46N4/c1-43-30-44(2)33-54(32-43)68-62(41-72)70(74-64-27-24-50(46-16-8-4-9-17-46)36-58(64)59-37-51(25-28-65(59)74)47-18-10-5-11-19-47)63(42-73)69-55-34-45(3)31-53(35-55)57-40-67-61(39-56(57)49-22-14-7-15-23-49)60-38-52(48-20-12-6-13-21-48)26-29-66(60)75(67)71(68)69/h4-40H,1-3H3. The van der Waals surface area contributed by atoms with Gasteiger partial charge in [-0.2, -0.15) is 10.5 Å². The molecule has 4 heteroatoms. The topological polar surface area (TPSA) is 56.9 Å². The maximum absolute atomic E-state index is 12.3. The second-order valence-corrected chi connectivity index (χ2v) is 20.1. The van der Waals surface area contributed by atoms with Gasteiger partial charge in [-0.15, -0.1) is 0 Å². The number of aromatic nitrogens is 2. The largest absolute Gasteiger partial charge is 0.308 e. The van der Waals surface area contributed by atoms with Gasteiger partial charge in [0.2, 0.25) is 0 Å². The second kappa shape index (κ2) is 17.1. The maximum atomic E-state index is 12.3. The maximum Gasteiger partial charge on any atom is 0.102 e. The third-order valence-electron chi connectivity index (χ3n) is 15.4. The van der Waals surface area contributed by atoms with E-state index >= 15 is 0 Å². The molecule has 14 rings (SSSR count). The van der Waals surface area contributed by atoms with Gasteiger partial charge in [0, 0.05) is 32.5 Å². The van der Waals surface area contributed by atoms with Gasteiger partial charge in [-0.3, -0.25) is 0 Å². The van der Waals surface area contributed by atoms with Gasteiger partial charge in [0.15, 0.2) is 0 Å². The van der Waals surface area contributed by atoms with Crippen molar-refractivity contribution in [2.45, 2.75) is 20.8 Å². The summed E-state index contributed by atoms with van der Waals surface area (Å²) in [7, 11) is 0. The van der Waals surface area contributed by atoms with Crippen LogP contribution in [0, 0.1) is 43.4 Å². The minimum Gasteiger partial charge on any atom is -0.308 e. The summed E-state index contributed by atoms with van der Waals surface area (Å²) in [4.78, 5) is 0. The van der Waals surface area contributed by atoms with Crippen molar-refractivity contribution < 1.29 is 0 Å². The molecule has 4 nitrogen and oxygen atoms in total. The number of nitrogens with zero attached hydrogens (tertiary/aromatic N) is 4. The van der Waals surface area contributed by atoms with Crippen molar-refractivity contribution in [3.05, 3.63) is 252 Å². The summed E-state index contributed by atoms with van der Waals surface area (Å²) in [5.74, 6) is 0. The van der Waals surface area contributed by atoms with Crippen LogP contribution in [0.4, 0.5) is 0 Å². The molecule has 0 spiro atoms. The predicted octanol–water partition coefficient (Wildman–Crippen LogP) is 18.7. The Morgan fingerprint density at radius 1 is 0.333 bits per heavy atom. The van der Waals surface area contributed by atoms with Gasteiger partial charge in [0.1, 0.15) is 12.1 Å². The molecule has 4 bridgehead atoms. The molecule has 3 aromatic heterocycles. The van der Waals surface area contributed by atoms with Gasteiger partial charge in [-0.1, -0.05) is 181 Å². The Labute approximate surface area is 434 Å². The molecule has 14 aromatic rings.